The van der Waals surface area contributed by atoms with E-state index in [9.17, 15) is 9.59 Å². The van der Waals surface area contributed by atoms with Gasteiger partial charge in [-0.15, -0.1) is 0 Å². The number of anilines is 1. The highest BCUT2D eigenvalue weighted by Gasteiger charge is 2.34. The van der Waals surface area contributed by atoms with Crippen LogP contribution in [0.15, 0.2) is 0 Å². The molecule has 2 amide bonds. The Kier molecular flexibility index (Phi) is 5.83. The summed E-state index contributed by atoms with van der Waals surface area (Å²) in [6, 6.07) is 0. The lowest BCUT2D eigenvalue weighted by molar-refractivity contribution is -0.142. The van der Waals surface area contributed by atoms with Gasteiger partial charge in [0.25, 0.3) is 0 Å². The summed E-state index contributed by atoms with van der Waals surface area (Å²) in [5.41, 5.74) is -0.425. The molecule has 2 fully saturated rings. The molecular formula is C19H32N6O2. The first-order valence-corrected chi connectivity index (χ1v) is 9.97. The lowest BCUT2D eigenvalue weighted by atomic mass is 9.91. The summed E-state index contributed by atoms with van der Waals surface area (Å²) in [7, 11) is 1.81. The van der Waals surface area contributed by atoms with Crippen molar-refractivity contribution in [3.05, 3.63) is 5.82 Å². The Morgan fingerprint density at radius 1 is 1.19 bits per heavy atom. The molecule has 1 atom stereocenters. The van der Waals surface area contributed by atoms with Crippen LogP contribution in [-0.4, -0.2) is 57.7 Å². The van der Waals surface area contributed by atoms with Crippen LogP contribution >= 0.6 is 0 Å². The number of nitrogens with zero attached hydrogens (tertiary/aromatic N) is 4. The molecule has 0 radical (unpaired) electrons. The lowest BCUT2D eigenvalue weighted by Crippen LogP contribution is -2.47. The molecule has 3 rings (SSSR count). The number of rotatable bonds is 3. The molecule has 0 aliphatic carbocycles. The van der Waals surface area contributed by atoms with E-state index in [0.29, 0.717) is 18.4 Å². The van der Waals surface area contributed by atoms with Gasteiger partial charge in [0, 0.05) is 31.5 Å². The molecule has 0 aromatic carbocycles. The Bertz CT molecular complexity index is 687. The van der Waals surface area contributed by atoms with E-state index in [-0.39, 0.29) is 17.7 Å². The largest absolute Gasteiger partial charge is 0.341 e. The quantitative estimate of drug-likeness (QED) is 0.834. The van der Waals surface area contributed by atoms with Crippen LogP contribution in [0, 0.1) is 11.3 Å². The van der Waals surface area contributed by atoms with Crippen LogP contribution in [0.2, 0.25) is 0 Å². The summed E-state index contributed by atoms with van der Waals surface area (Å²) in [4.78, 5) is 31.7. The Morgan fingerprint density at radius 2 is 1.89 bits per heavy atom. The number of aryl methyl sites for hydroxylation is 1. The molecule has 1 unspecified atom stereocenters. The van der Waals surface area contributed by atoms with Crippen molar-refractivity contribution < 1.29 is 9.59 Å². The van der Waals surface area contributed by atoms with Gasteiger partial charge in [0.2, 0.25) is 17.8 Å². The fourth-order valence-corrected chi connectivity index (χ4v) is 3.83. The van der Waals surface area contributed by atoms with E-state index in [2.05, 4.69) is 20.7 Å². The topological polar surface area (TPSA) is 92.2 Å². The zero-order chi connectivity index (χ0) is 19.6. The van der Waals surface area contributed by atoms with Crippen molar-refractivity contribution in [3.8, 4) is 0 Å². The van der Waals surface area contributed by atoms with Crippen molar-refractivity contribution in [2.75, 3.05) is 31.5 Å². The third-order valence-electron chi connectivity index (χ3n) is 5.44. The predicted molar refractivity (Wildman–Crippen MR) is 103 cm³/mol. The molecule has 0 bridgehead atoms. The van der Waals surface area contributed by atoms with Gasteiger partial charge in [0.05, 0.1) is 5.92 Å². The van der Waals surface area contributed by atoms with E-state index in [0.717, 1.165) is 51.1 Å². The van der Waals surface area contributed by atoms with E-state index >= 15 is 0 Å². The molecular weight excluding hydrogens is 344 g/mol. The maximum absolute atomic E-state index is 12.8. The molecule has 0 saturated carbocycles. The average molecular weight is 377 g/mol. The first-order valence-electron chi connectivity index (χ1n) is 9.97. The van der Waals surface area contributed by atoms with Crippen LogP contribution in [0.5, 0.6) is 0 Å². The van der Waals surface area contributed by atoms with Gasteiger partial charge in [0.1, 0.15) is 0 Å². The molecule has 27 heavy (non-hydrogen) atoms. The molecule has 3 heterocycles. The second-order valence-corrected chi connectivity index (χ2v) is 8.77. The molecule has 2 N–H and O–H groups in total. The standard InChI is InChI=1S/C19H32N6O2/c1-19(2,3)17(27)25-11-5-6-14(12-25)16(26)22-18-21-15(23-24(18)4)13-7-9-20-10-8-13/h13-14,20H,5-12H2,1-4H3,(H,21,22,23,26). The van der Waals surface area contributed by atoms with Crippen LogP contribution in [0.25, 0.3) is 0 Å². The summed E-state index contributed by atoms with van der Waals surface area (Å²) >= 11 is 0. The maximum atomic E-state index is 12.8. The fourth-order valence-electron chi connectivity index (χ4n) is 3.83. The van der Waals surface area contributed by atoms with Crippen molar-refractivity contribution >= 4 is 17.8 Å². The second kappa shape index (κ2) is 7.96. The molecule has 1 aromatic heterocycles. The van der Waals surface area contributed by atoms with Gasteiger partial charge in [-0.1, -0.05) is 20.8 Å². The monoisotopic (exact) mass is 376 g/mol. The highest BCUT2D eigenvalue weighted by Crippen LogP contribution is 2.26. The van der Waals surface area contributed by atoms with E-state index in [1.54, 1.807) is 4.68 Å². The highest BCUT2D eigenvalue weighted by molar-refractivity contribution is 5.92. The van der Waals surface area contributed by atoms with Gasteiger partial charge in [-0.3, -0.25) is 14.9 Å². The van der Waals surface area contributed by atoms with Crippen LogP contribution in [0.1, 0.15) is 58.2 Å². The zero-order valence-corrected chi connectivity index (χ0v) is 16.9. The Hall–Kier alpha value is -1.96. The summed E-state index contributed by atoms with van der Waals surface area (Å²) in [5, 5.41) is 10.8. The van der Waals surface area contributed by atoms with E-state index in [4.69, 9.17) is 0 Å². The molecule has 1 aromatic rings. The molecule has 8 heteroatoms. The first kappa shape index (κ1) is 19.8. The minimum absolute atomic E-state index is 0.0752. The zero-order valence-electron chi connectivity index (χ0n) is 16.9. The highest BCUT2D eigenvalue weighted by atomic mass is 16.2. The van der Waals surface area contributed by atoms with Crippen LogP contribution < -0.4 is 10.6 Å². The van der Waals surface area contributed by atoms with Gasteiger partial charge in [-0.05, 0) is 38.8 Å². The smallest absolute Gasteiger partial charge is 0.231 e. The van der Waals surface area contributed by atoms with E-state index < -0.39 is 5.41 Å². The van der Waals surface area contributed by atoms with Crippen molar-refractivity contribution in [1.29, 1.82) is 0 Å². The lowest BCUT2D eigenvalue weighted by Gasteiger charge is -2.35. The summed E-state index contributed by atoms with van der Waals surface area (Å²) in [5.74, 6) is 1.47. The van der Waals surface area contributed by atoms with Crippen LogP contribution in [0.4, 0.5) is 5.95 Å². The number of carbonyl (C=O) groups excluding carboxylic acids is 2. The minimum Gasteiger partial charge on any atom is -0.341 e. The van der Waals surface area contributed by atoms with Crippen molar-refractivity contribution in [2.24, 2.45) is 18.4 Å². The Morgan fingerprint density at radius 3 is 2.56 bits per heavy atom. The van der Waals surface area contributed by atoms with Crippen molar-refractivity contribution in [3.63, 3.8) is 0 Å². The fraction of sp³-hybridized carbons (Fsp3) is 0.789. The summed E-state index contributed by atoms with van der Waals surface area (Å²) < 4.78 is 1.65. The average Bonchev–Trinajstić information content (AvgIpc) is 3.01. The van der Waals surface area contributed by atoms with Crippen LogP contribution in [0.3, 0.4) is 0 Å². The first-order chi connectivity index (χ1) is 12.8. The predicted octanol–water partition coefficient (Wildman–Crippen LogP) is 1.51. The molecule has 2 saturated heterocycles. The van der Waals surface area contributed by atoms with Gasteiger partial charge >= 0.3 is 0 Å². The molecule has 0 spiro atoms. The molecule has 150 valence electrons. The number of nitrogens with one attached hydrogen (secondary N) is 2. The number of aromatic nitrogens is 3. The summed E-state index contributed by atoms with van der Waals surface area (Å²) in [6.45, 7) is 8.90. The second-order valence-electron chi connectivity index (χ2n) is 8.77. The van der Waals surface area contributed by atoms with Crippen molar-refractivity contribution in [2.45, 2.75) is 52.4 Å². The SMILES string of the molecule is Cn1nc(C2CCNCC2)nc1NC(=O)C1CCCN(C(=O)C(C)(C)C)C1. The third-order valence-corrected chi connectivity index (χ3v) is 5.44. The van der Waals surface area contributed by atoms with Gasteiger partial charge in [0.15, 0.2) is 5.82 Å². The molecule has 8 nitrogen and oxygen atoms in total. The van der Waals surface area contributed by atoms with Gasteiger partial charge in [-0.2, -0.15) is 10.1 Å². The number of hydrogen-bond acceptors (Lipinski definition) is 5. The number of piperidine rings is 2. The van der Waals surface area contributed by atoms with Gasteiger partial charge < -0.3 is 10.2 Å². The van der Waals surface area contributed by atoms with Crippen LogP contribution in [-0.2, 0) is 16.6 Å². The van der Waals surface area contributed by atoms with Crippen molar-refractivity contribution in [1.82, 2.24) is 25.0 Å². The molecule has 2 aliphatic heterocycles. The third kappa shape index (κ3) is 4.66. The number of carbonyl (C=O) groups is 2. The normalized spacial score (nSPS) is 21.9. The molecule has 2 aliphatic rings. The number of amides is 2. The number of hydrogen-bond donors (Lipinski definition) is 2. The maximum Gasteiger partial charge on any atom is 0.231 e. The van der Waals surface area contributed by atoms with Gasteiger partial charge in [-0.25, -0.2) is 4.68 Å². The number of likely N-dealkylation sites (tertiary alicyclic amines) is 1. The Labute approximate surface area is 161 Å². The Balaban J connectivity index is 1.63. The summed E-state index contributed by atoms with van der Waals surface area (Å²) in [6.07, 6.45) is 3.67. The minimum atomic E-state index is -0.425. The van der Waals surface area contributed by atoms with E-state index in [1.165, 1.54) is 0 Å². The van der Waals surface area contributed by atoms with E-state index in [1.807, 2.05) is 32.7 Å².